The zero-order valence-corrected chi connectivity index (χ0v) is 19.9. The van der Waals surface area contributed by atoms with Crippen LogP contribution < -0.4 is 5.32 Å². The molecule has 1 unspecified atom stereocenters. The summed E-state index contributed by atoms with van der Waals surface area (Å²) in [5, 5.41) is 3.02. The first kappa shape index (κ1) is 25.5. The number of quaternary nitrogens is 1. The number of ether oxygens (including phenoxy) is 1. The van der Waals surface area contributed by atoms with Crippen molar-refractivity contribution in [2.24, 2.45) is 0 Å². The second-order valence-electron chi connectivity index (χ2n) is 8.36. The summed E-state index contributed by atoms with van der Waals surface area (Å²) in [4.78, 5) is 26.2. The summed E-state index contributed by atoms with van der Waals surface area (Å²) in [5.74, 6) is -0.790. The number of amides is 1. The normalized spacial score (nSPS) is 12.3. The molecule has 0 fully saturated rings. The Morgan fingerprint density at radius 3 is 2.16 bits per heavy atom. The first-order valence-corrected chi connectivity index (χ1v) is 11.4. The molecule has 0 aromatic heterocycles. The van der Waals surface area contributed by atoms with Crippen molar-refractivity contribution in [1.82, 2.24) is 0 Å². The van der Waals surface area contributed by atoms with Crippen molar-refractivity contribution in [3.63, 3.8) is 0 Å². The van der Waals surface area contributed by atoms with Crippen LogP contribution in [0.3, 0.4) is 0 Å². The van der Waals surface area contributed by atoms with Gasteiger partial charge in [-0.2, -0.15) is 0 Å². The quantitative estimate of drug-likeness (QED) is 0.386. The van der Waals surface area contributed by atoms with Crippen LogP contribution >= 0.6 is 0 Å². The number of nitrogens with zero attached hydrogens (tertiary/aromatic N) is 1. The average Bonchev–Trinajstić information content (AvgIpc) is 2.77. The molecule has 5 nitrogen and oxygen atoms in total. The first-order chi connectivity index (χ1) is 15.3. The van der Waals surface area contributed by atoms with E-state index in [1.54, 1.807) is 13.8 Å². The summed E-state index contributed by atoms with van der Waals surface area (Å²) in [7, 11) is 0. The maximum absolute atomic E-state index is 13.7. The fraction of sp³-hybridized carbons (Fsp3) is 0.462. The summed E-state index contributed by atoms with van der Waals surface area (Å²) < 4.78 is 19.5. The van der Waals surface area contributed by atoms with Crippen LogP contribution in [0.5, 0.6) is 0 Å². The number of rotatable bonds is 11. The number of halogens is 1. The molecule has 32 heavy (non-hydrogen) atoms. The van der Waals surface area contributed by atoms with Crippen LogP contribution in [0.25, 0.3) is 0 Å². The van der Waals surface area contributed by atoms with Crippen LogP contribution in [0, 0.1) is 19.7 Å². The standard InChI is InChI=1S/C26H35FN2O3/c1-6-12-23(26(31)28-25-19(4)15-22(27)16-20(25)5)29(7-2,8-3)17-24(30)32-18-21-13-10-9-11-14-21/h9-11,13-16,23H,6-8,12,17-18H2,1-5H3/p+1. The molecule has 0 spiro atoms. The smallest absolute Gasteiger partial charge is 0.362 e. The molecule has 2 rings (SSSR count). The van der Waals surface area contributed by atoms with Crippen LogP contribution in [0.2, 0.25) is 0 Å². The Morgan fingerprint density at radius 2 is 1.62 bits per heavy atom. The third kappa shape index (κ3) is 6.39. The summed E-state index contributed by atoms with van der Waals surface area (Å²) >= 11 is 0. The van der Waals surface area contributed by atoms with Gasteiger partial charge in [0.25, 0.3) is 5.91 Å². The van der Waals surface area contributed by atoms with Crippen LogP contribution in [-0.4, -0.2) is 42.0 Å². The molecule has 1 amide bonds. The van der Waals surface area contributed by atoms with Crippen LogP contribution in [0.15, 0.2) is 42.5 Å². The van der Waals surface area contributed by atoms with Crippen LogP contribution in [0.1, 0.15) is 50.3 Å². The van der Waals surface area contributed by atoms with E-state index in [1.807, 2.05) is 51.1 Å². The fourth-order valence-corrected chi connectivity index (χ4v) is 4.28. The van der Waals surface area contributed by atoms with Crippen molar-refractivity contribution in [1.29, 1.82) is 0 Å². The summed E-state index contributed by atoms with van der Waals surface area (Å²) in [6, 6.07) is 12.0. The SMILES string of the molecule is CCCC(C(=O)Nc1c(C)cc(F)cc1C)[N+](CC)(CC)CC(=O)OCc1ccccc1. The van der Waals surface area contributed by atoms with E-state index in [0.717, 1.165) is 12.0 Å². The van der Waals surface area contributed by atoms with Gasteiger partial charge in [0.05, 0.1) is 13.1 Å². The predicted molar refractivity (Wildman–Crippen MR) is 126 cm³/mol. The molecule has 2 aromatic rings. The number of anilines is 1. The fourth-order valence-electron chi connectivity index (χ4n) is 4.28. The number of hydrogen-bond donors (Lipinski definition) is 1. The van der Waals surface area contributed by atoms with E-state index in [0.29, 0.717) is 40.8 Å². The molecule has 0 radical (unpaired) electrons. The van der Waals surface area contributed by atoms with E-state index < -0.39 is 6.04 Å². The number of hydrogen-bond acceptors (Lipinski definition) is 3. The maximum atomic E-state index is 13.7. The highest BCUT2D eigenvalue weighted by Crippen LogP contribution is 2.25. The van der Waals surface area contributed by atoms with Gasteiger partial charge in [-0.05, 0) is 62.9 Å². The zero-order chi connectivity index (χ0) is 23.7. The molecule has 0 aliphatic heterocycles. The first-order valence-electron chi connectivity index (χ1n) is 11.4. The summed E-state index contributed by atoms with van der Waals surface area (Å²) in [6.07, 6.45) is 1.44. The monoisotopic (exact) mass is 443 g/mol. The van der Waals surface area contributed by atoms with E-state index in [2.05, 4.69) is 5.32 Å². The summed E-state index contributed by atoms with van der Waals surface area (Å²) in [6.45, 7) is 11.2. The molecule has 2 aromatic carbocycles. The Kier molecular flexibility index (Phi) is 9.39. The van der Waals surface area contributed by atoms with Gasteiger partial charge < -0.3 is 14.5 Å². The Labute approximate surface area is 191 Å². The van der Waals surface area contributed by atoms with Crippen molar-refractivity contribution in [2.45, 2.75) is 60.1 Å². The van der Waals surface area contributed by atoms with Gasteiger partial charge in [0.2, 0.25) is 0 Å². The van der Waals surface area contributed by atoms with Gasteiger partial charge in [-0.15, -0.1) is 0 Å². The second-order valence-corrected chi connectivity index (χ2v) is 8.36. The van der Waals surface area contributed by atoms with E-state index >= 15 is 0 Å². The van der Waals surface area contributed by atoms with Gasteiger partial charge in [0.1, 0.15) is 12.4 Å². The highest BCUT2D eigenvalue weighted by molar-refractivity contribution is 5.95. The van der Waals surface area contributed by atoms with Crippen molar-refractivity contribution in [2.75, 3.05) is 25.0 Å². The molecular formula is C26H36FN2O3+. The molecule has 1 N–H and O–H groups in total. The largest absolute Gasteiger partial charge is 0.457 e. The molecule has 0 heterocycles. The molecule has 0 aliphatic rings. The van der Waals surface area contributed by atoms with Crippen molar-refractivity contribution in [3.05, 3.63) is 65.0 Å². The average molecular weight is 444 g/mol. The highest BCUT2D eigenvalue weighted by atomic mass is 19.1. The van der Waals surface area contributed by atoms with Gasteiger partial charge in [-0.1, -0.05) is 37.3 Å². The lowest BCUT2D eigenvalue weighted by Crippen LogP contribution is -2.61. The van der Waals surface area contributed by atoms with Gasteiger partial charge >= 0.3 is 5.97 Å². The lowest BCUT2D eigenvalue weighted by molar-refractivity contribution is -0.933. The Balaban J connectivity index is 2.21. The lowest BCUT2D eigenvalue weighted by Gasteiger charge is -2.42. The van der Waals surface area contributed by atoms with E-state index in [1.165, 1.54) is 12.1 Å². The van der Waals surface area contributed by atoms with Gasteiger partial charge in [0.15, 0.2) is 12.6 Å². The third-order valence-electron chi connectivity index (χ3n) is 6.22. The number of likely N-dealkylation sites (N-methyl/N-ethyl adjacent to an activating group) is 1. The molecule has 1 atom stereocenters. The summed E-state index contributed by atoms with van der Waals surface area (Å²) in [5.41, 5.74) is 2.92. The van der Waals surface area contributed by atoms with E-state index in [-0.39, 0.29) is 30.8 Å². The number of nitrogens with one attached hydrogen (secondary N) is 1. The van der Waals surface area contributed by atoms with Crippen molar-refractivity contribution < 1.29 is 23.2 Å². The van der Waals surface area contributed by atoms with Gasteiger partial charge in [0, 0.05) is 12.1 Å². The second kappa shape index (κ2) is 11.8. The van der Waals surface area contributed by atoms with Gasteiger partial charge in [-0.3, -0.25) is 4.79 Å². The topological polar surface area (TPSA) is 55.4 Å². The van der Waals surface area contributed by atoms with E-state index in [4.69, 9.17) is 4.74 Å². The van der Waals surface area contributed by atoms with Crippen molar-refractivity contribution in [3.8, 4) is 0 Å². The molecule has 0 aliphatic carbocycles. The minimum absolute atomic E-state index is 0.124. The highest BCUT2D eigenvalue weighted by Gasteiger charge is 2.41. The minimum Gasteiger partial charge on any atom is -0.457 e. The maximum Gasteiger partial charge on any atom is 0.362 e. The van der Waals surface area contributed by atoms with E-state index in [9.17, 15) is 14.0 Å². The van der Waals surface area contributed by atoms with Crippen LogP contribution in [-0.2, 0) is 20.9 Å². The Hall–Kier alpha value is -2.73. The zero-order valence-electron chi connectivity index (χ0n) is 19.9. The molecule has 0 saturated carbocycles. The number of carbonyl (C=O) groups is 2. The number of aryl methyl sites for hydroxylation is 2. The lowest BCUT2D eigenvalue weighted by atomic mass is 10.0. The Bertz CT molecular complexity index is 888. The molecule has 0 bridgehead atoms. The van der Waals surface area contributed by atoms with Crippen molar-refractivity contribution >= 4 is 17.6 Å². The van der Waals surface area contributed by atoms with Gasteiger partial charge in [-0.25, -0.2) is 9.18 Å². The molecule has 6 heteroatoms. The molecule has 0 saturated heterocycles. The molecular weight excluding hydrogens is 407 g/mol. The Morgan fingerprint density at radius 1 is 1.03 bits per heavy atom. The van der Waals surface area contributed by atoms with Crippen LogP contribution in [0.4, 0.5) is 10.1 Å². The predicted octanol–water partition coefficient (Wildman–Crippen LogP) is 5.15. The number of benzene rings is 2. The third-order valence-corrected chi connectivity index (χ3v) is 6.22. The molecule has 174 valence electrons. The number of carbonyl (C=O) groups excluding carboxylic acids is 2. The number of esters is 1. The minimum atomic E-state index is -0.414.